The summed E-state index contributed by atoms with van der Waals surface area (Å²) in [6.07, 6.45) is 46.3. The highest BCUT2D eigenvalue weighted by Gasteiger charge is 2.67. The molecule has 1 aromatic rings. The van der Waals surface area contributed by atoms with Crippen molar-refractivity contribution in [3.8, 4) is 0 Å². The molecule has 15 aliphatic carbocycles. The molecule has 23 rings (SSSR count). The maximum absolute atomic E-state index is 13.7. The maximum atomic E-state index is 13.7. The molecule has 14 bridgehead atoms. The highest BCUT2D eigenvalue weighted by molar-refractivity contribution is 7.99. The van der Waals surface area contributed by atoms with E-state index in [4.69, 9.17) is 27.9 Å². The average Bonchev–Trinajstić information content (AvgIpc) is 1.51. The fourth-order valence-corrected chi connectivity index (χ4v) is 42.5. The molecule has 11 unspecified atom stereocenters. The van der Waals surface area contributed by atoms with Crippen LogP contribution in [0.1, 0.15) is 289 Å². The Bertz CT molecular complexity index is 3490. The van der Waals surface area contributed by atoms with Gasteiger partial charge in [0.05, 0.1) is 5.25 Å². The lowest BCUT2D eigenvalue weighted by atomic mass is 9.50. The first-order valence-electron chi connectivity index (χ1n) is 46.7. The third-order valence-electron chi connectivity index (χ3n) is 32.0. The molecule has 21 heteroatoms. The van der Waals surface area contributed by atoms with E-state index in [2.05, 4.69) is 20.8 Å². The second-order valence-corrected chi connectivity index (χ2v) is 57.2. The van der Waals surface area contributed by atoms with Gasteiger partial charge in [-0.25, -0.2) is 24.0 Å². The van der Waals surface area contributed by atoms with Gasteiger partial charge in [-0.1, -0.05) is 44.2 Å². The predicted octanol–water partition coefficient (Wildman–Crippen LogP) is 16.8. The van der Waals surface area contributed by atoms with Crippen molar-refractivity contribution in [2.24, 2.45) is 82.9 Å². The zero-order valence-corrected chi connectivity index (χ0v) is 77.2. The summed E-state index contributed by atoms with van der Waals surface area (Å²) in [5.74, 6) is 28.7. The number of fused-ring (bicyclic) bond motifs is 1. The van der Waals surface area contributed by atoms with Gasteiger partial charge in [-0.3, -0.25) is 8.98 Å². The summed E-state index contributed by atoms with van der Waals surface area (Å²) in [4.78, 5) is 74.1. The molecule has 0 amide bonds. The molecule has 7 aliphatic heterocycles. The Kier molecular flexibility index (Phi) is 29.7. The number of carbonyl (C=O) groups is 6. The lowest BCUT2D eigenvalue weighted by Gasteiger charge is -2.59. The van der Waals surface area contributed by atoms with E-state index in [0.717, 1.165) is 89.4 Å². The van der Waals surface area contributed by atoms with E-state index >= 15 is 0 Å². The SMILES string of the molecule is CC(C)(C)OC(=O)C[S+]1CCCCC1.CC1(OC(=O)C[S+]2CCCC2)C2CC3CC(C2)CC1C3.CC1C2CC3CC(C2)CC1(OC(=O)C1([S+]2CCCCC2)CCCC1)C3.CC1C2CC3CC(C2)CC1(OC(=O)C[S+]1CCCCC1)C3.O=C(C[S+]1CCCC1)c1ccccc1.O=C(C[S+]1CCCCC1)OC1C2CC3C1OS(=O)(=O)C3C2. The quantitative estimate of drug-likeness (QED) is 0.0470. The normalized spacial score (nSPS) is 38.9. The highest BCUT2D eigenvalue weighted by atomic mass is 32.2. The molecule has 14 nitrogen and oxygen atoms in total. The van der Waals surface area contributed by atoms with Crippen LogP contribution in [-0.4, -0.2) is 186 Å². The number of carbonyl (C=O) groups excluding carboxylic acids is 6. The second-order valence-electron chi connectivity index (χ2n) is 41.1. The zero-order valence-electron chi connectivity index (χ0n) is 71.5. The maximum Gasteiger partial charge on any atom is 0.363 e. The number of ketones is 1. The van der Waals surface area contributed by atoms with Gasteiger partial charge in [-0.15, -0.1) is 0 Å². The van der Waals surface area contributed by atoms with E-state index < -0.39 is 16.2 Å². The minimum Gasteiger partial charge on any atom is -0.456 e. The van der Waals surface area contributed by atoms with Crippen molar-refractivity contribution < 1.29 is 65.1 Å². The van der Waals surface area contributed by atoms with Crippen LogP contribution in [0, 0.1) is 82.9 Å². The molecule has 0 aromatic heterocycles. The molecule has 22 fully saturated rings. The highest BCUT2D eigenvalue weighted by Crippen LogP contribution is 2.63. The van der Waals surface area contributed by atoms with Gasteiger partial charge < -0.3 is 23.7 Å². The van der Waals surface area contributed by atoms with E-state index in [9.17, 15) is 37.2 Å². The Morgan fingerprint density at radius 1 is 0.435 bits per heavy atom. The van der Waals surface area contributed by atoms with Crippen LogP contribution in [0.5, 0.6) is 0 Å². The molecule has 11 atom stereocenters. The van der Waals surface area contributed by atoms with Gasteiger partial charge in [0.25, 0.3) is 10.1 Å². The van der Waals surface area contributed by atoms with Crippen LogP contribution >= 0.6 is 0 Å². The van der Waals surface area contributed by atoms with Crippen molar-refractivity contribution in [1.29, 1.82) is 0 Å². The van der Waals surface area contributed by atoms with Crippen LogP contribution in [0.25, 0.3) is 0 Å². The second kappa shape index (κ2) is 38.8. The van der Waals surface area contributed by atoms with Crippen LogP contribution in [-0.2, 0) is 127 Å². The van der Waals surface area contributed by atoms with Gasteiger partial charge in [-0.2, -0.15) is 8.42 Å². The summed E-state index contributed by atoms with van der Waals surface area (Å²) in [6.45, 7) is 12.8. The number of ether oxygens (including phenoxy) is 5. The lowest BCUT2D eigenvalue weighted by Crippen LogP contribution is -2.61. The smallest absolute Gasteiger partial charge is 0.363 e. The van der Waals surface area contributed by atoms with Gasteiger partial charge in [0, 0.05) is 41.1 Å². The molecular formula is C94H148O14S7+6. The molecule has 644 valence electrons. The van der Waals surface area contributed by atoms with E-state index in [-0.39, 0.29) is 91.1 Å². The minimum atomic E-state index is -3.42. The Balaban J connectivity index is 0.000000110. The average molecular weight is 1730 g/mol. The van der Waals surface area contributed by atoms with Crippen LogP contribution < -0.4 is 0 Å². The van der Waals surface area contributed by atoms with Gasteiger partial charge >= 0.3 is 29.8 Å². The Morgan fingerprint density at radius 3 is 1.30 bits per heavy atom. The number of Topliss-reactive ketones (excluding diaryl/α,β-unsaturated/α-hetero) is 1. The monoisotopic (exact) mass is 1720 g/mol. The number of esters is 5. The molecule has 0 spiro atoms. The summed E-state index contributed by atoms with van der Waals surface area (Å²) in [6, 6.07) is 9.66. The summed E-state index contributed by atoms with van der Waals surface area (Å²) >= 11 is 0. The standard InChI is InChI=1S/C22H35O2S.C18H29O2S.C17H27O2S.C14H21O5S2.C12H15OS.C11H21O2S/c1-16-19-12-17-11-18(13-19)15-21(16,14-17)24-20(23)22(7-3-4-8-22)25-9-5-2-6-10-25;1-13-16-8-14-7-15(9-16)11-18(13,10-14)20-17(19)12-21-5-3-2-4-6-21;1-17(19-16(18)11-20-4-2-3-5-20)14-7-12-6-13(9-14)10-15(17)8-12;15-12(8-20-4-2-1-3-5-20)18-13-9-6-10-11(7-9)21(16,17)19-14(10)13;13-12(10-14-8-4-5-9-14)11-6-2-1-3-7-11;1-11(2,3)13-10(12)9-14-7-5-4-6-8-14/h16-19H,2-15H2,1H3;13-16H,2-12H2,1H3;12-15H,2-11H2,1H3;9-11,13-14H,1-8H2;1-3,6-7H,4-5,8-10H2;4-9H2,1-3H3/q6*+1. The van der Waals surface area contributed by atoms with E-state index in [1.54, 1.807) is 0 Å². The Labute approximate surface area is 710 Å². The zero-order chi connectivity index (χ0) is 80.3. The third-order valence-corrected chi connectivity index (χ3v) is 48.9. The first-order valence-corrected chi connectivity index (χ1v) is 58.4. The van der Waals surface area contributed by atoms with Crippen molar-refractivity contribution >= 4 is 111 Å². The minimum absolute atomic E-state index is 0.0114. The first kappa shape index (κ1) is 88.1. The lowest BCUT2D eigenvalue weighted by molar-refractivity contribution is -0.207. The largest absolute Gasteiger partial charge is 0.456 e. The Hall–Kier alpha value is -1.75. The molecular weight excluding hydrogens is 1580 g/mol. The van der Waals surface area contributed by atoms with Crippen molar-refractivity contribution in [2.45, 2.75) is 324 Å². The fraction of sp³-hybridized carbons (Fsp3) is 0.872. The van der Waals surface area contributed by atoms with Crippen molar-refractivity contribution in [1.82, 2.24) is 0 Å². The summed E-state index contributed by atoms with van der Waals surface area (Å²) in [5.41, 5.74) is 0.293. The summed E-state index contributed by atoms with van der Waals surface area (Å²) in [5, 5.41) is -0.345. The number of benzene rings is 1. The molecule has 7 saturated heterocycles. The van der Waals surface area contributed by atoms with E-state index in [1.165, 1.54) is 269 Å². The van der Waals surface area contributed by atoms with Gasteiger partial charge in [0.2, 0.25) is 33.5 Å². The topological polar surface area (TPSA) is 192 Å². The van der Waals surface area contributed by atoms with Crippen LogP contribution in [0.3, 0.4) is 0 Å². The van der Waals surface area contributed by atoms with Crippen molar-refractivity contribution in [3.05, 3.63) is 35.9 Å². The van der Waals surface area contributed by atoms with Crippen LogP contribution in [0.4, 0.5) is 0 Å². The third kappa shape index (κ3) is 21.4. The number of rotatable bonds is 17. The van der Waals surface area contributed by atoms with Gasteiger partial charge in [0.1, 0.15) is 104 Å². The number of hydrogen-bond acceptors (Lipinski definition) is 14. The number of hydrogen-bond donors (Lipinski definition) is 0. The first-order chi connectivity index (χ1) is 55.3. The molecule has 15 saturated carbocycles. The fourth-order valence-electron chi connectivity index (χ4n) is 26.7. The molecule has 1 aromatic carbocycles. The molecule has 7 heterocycles. The van der Waals surface area contributed by atoms with Gasteiger partial charge in [0.15, 0.2) is 5.75 Å². The van der Waals surface area contributed by atoms with E-state index in [1.807, 2.05) is 51.1 Å². The summed E-state index contributed by atoms with van der Waals surface area (Å²) in [7, 11) is -1.58. The molecule has 22 aliphatic rings. The van der Waals surface area contributed by atoms with Crippen LogP contribution in [0.15, 0.2) is 30.3 Å². The van der Waals surface area contributed by atoms with Crippen LogP contribution in [0.2, 0.25) is 0 Å². The molecule has 0 N–H and O–H groups in total. The molecule has 115 heavy (non-hydrogen) atoms. The van der Waals surface area contributed by atoms with Gasteiger partial charge in [-0.05, 0) is 378 Å². The van der Waals surface area contributed by atoms with Crippen molar-refractivity contribution in [3.63, 3.8) is 0 Å². The molecule has 0 radical (unpaired) electrons. The Morgan fingerprint density at radius 2 is 0.835 bits per heavy atom. The van der Waals surface area contributed by atoms with Crippen molar-refractivity contribution in [2.75, 3.05) is 97.8 Å². The summed E-state index contributed by atoms with van der Waals surface area (Å²) < 4.78 is 58.9. The predicted molar refractivity (Wildman–Crippen MR) is 477 cm³/mol. The van der Waals surface area contributed by atoms with E-state index in [0.29, 0.717) is 113 Å².